The third kappa shape index (κ3) is 17.9. The van der Waals surface area contributed by atoms with E-state index in [9.17, 15) is 19.2 Å². The highest BCUT2D eigenvalue weighted by molar-refractivity contribution is 5.84. The number of likely N-dealkylation sites (N-methyl/N-ethyl adjacent to an activating group) is 2. The van der Waals surface area contributed by atoms with Gasteiger partial charge in [0, 0.05) is 31.0 Å². The molecule has 0 aliphatic carbocycles. The van der Waals surface area contributed by atoms with Crippen molar-refractivity contribution >= 4 is 24.0 Å². The zero-order valence-electron chi connectivity index (χ0n) is 24.3. The average Bonchev–Trinajstić information content (AvgIpc) is 3.46. The maximum absolute atomic E-state index is 11.5. The van der Waals surface area contributed by atoms with Gasteiger partial charge in [-0.25, -0.2) is 5.26 Å². The fraction of sp³-hybridized carbons (Fsp3) is 0.815. The van der Waals surface area contributed by atoms with Gasteiger partial charge in [0.15, 0.2) is 0 Å². The molecule has 36 heavy (non-hydrogen) atoms. The molecule has 3 atom stereocenters. The third-order valence-electron chi connectivity index (χ3n) is 5.53. The van der Waals surface area contributed by atoms with Crippen LogP contribution < -0.4 is 16.0 Å². The molecule has 3 N–H and O–H groups in total. The number of nitriles is 1. The fourth-order valence-corrected chi connectivity index (χ4v) is 3.23. The summed E-state index contributed by atoms with van der Waals surface area (Å²) >= 11 is 0. The molecule has 2 saturated heterocycles. The van der Waals surface area contributed by atoms with Gasteiger partial charge in [-0.15, -0.1) is 0 Å². The molecule has 2 unspecified atom stereocenters. The van der Waals surface area contributed by atoms with Crippen molar-refractivity contribution in [1.29, 1.82) is 5.26 Å². The van der Waals surface area contributed by atoms with E-state index in [0.29, 0.717) is 0 Å². The van der Waals surface area contributed by atoms with Gasteiger partial charge in [0.2, 0.25) is 17.7 Å². The molecule has 2 rings (SSSR count). The molecule has 0 aromatic rings. The summed E-state index contributed by atoms with van der Waals surface area (Å²) in [6.45, 7) is 21.6. The van der Waals surface area contributed by atoms with Gasteiger partial charge in [0.05, 0.1) is 12.1 Å². The highest BCUT2D eigenvalue weighted by atomic mass is 16.2. The summed E-state index contributed by atoms with van der Waals surface area (Å²) in [5.41, 5.74) is -0.423. The lowest BCUT2D eigenvalue weighted by Gasteiger charge is -2.20. The average molecular weight is 512 g/mol. The Balaban J connectivity index is -0.000000439. The lowest BCUT2D eigenvalue weighted by molar-refractivity contribution is -0.130. The summed E-state index contributed by atoms with van der Waals surface area (Å²) in [5.74, 6) is 0.596. The molecule has 0 saturated carbocycles. The van der Waals surface area contributed by atoms with E-state index >= 15 is 0 Å². The number of hydrogen-bond acceptors (Lipinski definition) is 6. The Morgan fingerprint density at radius 2 is 1.81 bits per heavy atom. The van der Waals surface area contributed by atoms with Crippen LogP contribution in [0, 0.1) is 23.2 Å². The van der Waals surface area contributed by atoms with E-state index in [1.165, 1.54) is 0 Å². The molecule has 0 aromatic carbocycles. The van der Waals surface area contributed by atoms with Gasteiger partial charge in [-0.1, -0.05) is 61.3 Å². The Morgan fingerprint density at radius 3 is 2.11 bits per heavy atom. The predicted octanol–water partition coefficient (Wildman–Crippen LogP) is 3.43. The Bertz CT molecular complexity index is 631. The largest absolute Gasteiger partial charge is 0.356 e. The zero-order valence-corrected chi connectivity index (χ0v) is 24.3. The molecule has 2 aliphatic heterocycles. The third-order valence-corrected chi connectivity index (χ3v) is 5.53. The number of carbonyl (C=O) groups is 4. The molecule has 210 valence electrons. The molecule has 0 aromatic heterocycles. The second-order valence-corrected chi connectivity index (χ2v) is 9.62. The number of likely N-dealkylation sites (tertiary alicyclic amines) is 1. The van der Waals surface area contributed by atoms with E-state index in [4.69, 9.17) is 5.26 Å². The predicted molar refractivity (Wildman–Crippen MR) is 146 cm³/mol. The van der Waals surface area contributed by atoms with Gasteiger partial charge in [0.1, 0.15) is 6.29 Å². The first-order chi connectivity index (χ1) is 17.0. The smallest absolute Gasteiger partial charge is 0.237 e. The van der Waals surface area contributed by atoms with Crippen molar-refractivity contribution in [2.45, 2.75) is 106 Å². The van der Waals surface area contributed by atoms with Gasteiger partial charge in [-0.2, -0.15) is 0 Å². The van der Waals surface area contributed by atoms with E-state index in [-0.39, 0.29) is 35.7 Å². The van der Waals surface area contributed by atoms with Gasteiger partial charge >= 0.3 is 0 Å². The minimum Gasteiger partial charge on any atom is -0.356 e. The van der Waals surface area contributed by atoms with Crippen LogP contribution in [-0.2, 0) is 19.2 Å². The normalized spacial score (nSPS) is 19.1. The first-order valence-corrected chi connectivity index (χ1v) is 13.3. The Morgan fingerprint density at radius 1 is 1.22 bits per heavy atom. The minimum absolute atomic E-state index is 0.0642. The standard InChI is InChI=1S/C11H21NO2.C8H16N2O.C5H9NO.C2H6.CHN/c1-5-6-7-9(8-13)12-10(14)11(2,3)4;1-3-9-8(11)7-5-4-6-10(7)2;1-4-2-3-6-5(4)7;2*1-2/h8-9H,5-7H2,1-4H3,(H,12,14);7H,3-6H2,1-2H3,(H,9,11);4H,2-3H2,1H3,(H,6,7);1-2H3;1H/t9-;;;;/m0..../s1. The first-order valence-electron chi connectivity index (χ1n) is 13.3. The van der Waals surface area contributed by atoms with E-state index in [1.807, 2.05) is 55.5 Å². The Labute approximate surface area is 220 Å². The van der Waals surface area contributed by atoms with Crippen LogP contribution >= 0.6 is 0 Å². The lowest BCUT2D eigenvalue weighted by atomic mass is 9.95. The van der Waals surface area contributed by atoms with Crippen molar-refractivity contribution in [2.75, 3.05) is 26.7 Å². The zero-order chi connectivity index (χ0) is 28.7. The topological polar surface area (TPSA) is 131 Å². The van der Waals surface area contributed by atoms with Crippen LogP contribution in [0.15, 0.2) is 0 Å². The van der Waals surface area contributed by atoms with Gasteiger partial charge in [0.25, 0.3) is 0 Å². The molecule has 2 aliphatic rings. The summed E-state index contributed by atoms with van der Waals surface area (Å²) in [6, 6.07) is -0.184. The number of unbranched alkanes of at least 4 members (excludes halogenated alkanes) is 1. The van der Waals surface area contributed by atoms with Gasteiger partial charge in [-0.05, 0) is 46.2 Å². The Kier molecular flexibility index (Phi) is 24.3. The summed E-state index contributed by atoms with van der Waals surface area (Å²) < 4.78 is 0. The molecule has 2 heterocycles. The van der Waals surface area contributed by atoms with Crippen molar-refractivity contribution in [1.82, 2.24) is 20.9 Å². The maximum Gasteiger partial charge on any atom is 0.237 e. The molecule has 0 bridgehead atoms. The van der Waals surface area contributed by atoms with E-state index in [1.54, 1.807) is 0 Å². The summed E-state index contributed by atoms with van der Waals surface area (Å²) in [6.07, 6.45) is 6.74. The second kappa shape index (κ2) is 23.0. The molecule has 9 heteroatoms. The number of hydrogen-bond donors (Lipinski definition) is 3. The number of amides is 3. The van der Waals surface area contributed by atoms with Crippen LogP contribution in [0.3, 0.4) is 0 Å². The summed E-state index contributed by atoms with van der Waals surface area (Å²) in [4.78, 5) is 46.1. The highest BCUT2D eigenvalue weighted by Crippen LogP contribution is 2.14. The molecular weight excluding hydrogens is 458 g/mol. The van der Waals surface area contributed by atoms with Crippen molar-refractivity contribution in [3.8, 4) is 6.57 Å². The number of nitrogens with one attached hydrogen (secondary N) is 3. The van der Waals surface area contributed by atoms with E-state index in [2.05, 4.69) is 34.3 Å². The summed E-state index contributed by atoms with van der Waals surface area (Å²) in [5, 5.41) is 14.8. The number of rotatable bonds is 7. The monoisotopic (exact) mass is 511 g/mol. The van der Waals surface area contributed by atoms with Crippen LogP contribution in [0.1, 0.15) is 93.9 Å². The maximum atomic E-state index is 11.5. The van der Waals surface area contributed by atoms with Crippen molar-refractivity contribution in [3.63, 3.8) is 0 Å². The second-order valence-electron chi connectivity index (χ2n) is 9.62. The SMILES string of the molecule is C#N.CC.CC1CCNC1=O.CCCC[C@@H](C=O)NC(=O)C(C)(C)C.CCNC(=O)C1CCCN1C. The molecule has 3 amide bonds. The Hall–Kier alpha value is -2.47. The minimum atomic E-state index is -0.423. The number of aldehydes is 1. The quantitative estimate of drug-likeness (QED) is 0.449. The highest BCUT2D eigenvalue weighted by Gasteiger charge is 2.26. The molecule has 2 fully saturated rings. The van der Waals surface area contributed by atoms with Crippen LogP contribution in [0.25, 0.3) is 0 Å². The fourth-order valence-electron chi connectivity index (χ4n) is 3.23. The van der Waals surface area contributed by atoms with Gasteiger partial charge in [-0.3, -0.25) is 19.3 Å². The van der Waals surface area contributed by atoms with E-state index < -0.39 is 5.41 Å². The van der Waals surface area contributed by atoms with Crippen molar-refractivity contribution < 1.29 is 19.2 Å². The van der Waals surface area contributed by atoms with Crippen molar-refractivity contribution in [3.05, 3.63) is 0 Å². The molecule has 9 nitrogen and oxygen atoms in total. The van der Waals surface area contributed by atoms with Crippen LogP contribution in [0.2, 0.25) is 0 Å². The number of nitrogens with zero attached hydrogens (tertiary/aromatic N) is 2. The first kappa shape index (κ1) is 38.1. The van der Waals surface area contributed by atoms with Crippen LogP contribution in [-0.4, -0.2) is 67.7 Å². The summed E-state index contributed by atoms with van der Waals surface area (Å²) in [7, 11) is 2.01. The van der Waals surface area contributed by atoms with Crippen LogP contribution in [0.5, 0.6) is 0 Å². The number of carbonyl (C=O) groups excluding carboxylic acids is 4. The lowest BCUT2D eigenvalue weighted by Crippen LogP contribution is -2.42. The van der Waals surface area contributed by atoms with Crippen molar-refractivity contribution in [2.24, 2.45) is 11.3 Å². The molecule has 0 radical (unpaired) electrons. The van der Waals surface area contributed by atoms with Crippen LogP contribution in [0.4, 0.5) is 0 Å². The van der Waals surface area contributed by atoms with Gasteiger partial charge < -0.3 is 20.7 Å². The van der Waals surface area contributed by atoms with E-state index in [0.717, 1.165) is 64.4 Å². The molecule has 0 spiro atoms. The molecular formula is C27H53N5O4.